The van der Waals surface area contributed by atoms with Crippen LogP contribution < -0.4 is 5.73 Å². The molecule has 0 unspecified atom stereocenters. The van der Waals surface area contributed by atoms with Crippen molar-refractivity contribution >= 4 is 11.6 Å². The molecular weight excluding hydrogens is 234 g/mol. The van der Waals surface area contributed by atoms with Crippen molar-refractivity contribution in [3.05, 3.63) is 46.2 Å². The maximum Gasteiger partial charge on any atom is 0.0692 e. The van der Waals surface area contributed by atoms with Gasteiger partial charge in [-0.3, -0.25) is 0 Å². The zero-order valence-corrected chi connectivity index (χ0v) is 10.8. The number of hydrogen-bond donors (Lipinski definition) is 1. The molecule has 0 aliphatic heterocycles. The zero-order chi connectivity index (χ0) is 12.4. The summed E-state index contributed by atoms with van der Waals surface area (Å²) < 4.78 is 1.92. The fraction of sp³-hybridized carbons (Fsp3) is 0.308. The van der Waals surface area contributed by atoms with Gasteiger partial charge in [-0.25, -0.2) is 4.68 Å². The van der Waals surface area contributed by atoms with E-state index in [9.17, 15) is 0 Å². The maximum atomic E-state index is 6.03. The second kappa shape index (κ2) is 4.90. The molecule has 0 aliphatic carbocycles. The second-order valence-electron chi connectivity index (χ2n) is 4.14. The minimum Gasteiger partial charge on any atom is -0.330 e. The summed E-state index contributed by atoms with van der Waals surface area (Å²) >= 11 is 6.03. The number of hydrogen-bond acceptors (Lipinski definition) is 2. The predicted molar refractivity (Wildman–Crippen MR) is 70.8 cm³/mol. The highest BCUT2D eigenvalue weighted by molar-refractivity contribution is 6.30. The lowest BCUT2D eigenvalue weighted by atomic mass is 10.1. The Balaban J connectivity index is 2.49. The van der Waals surface area contributed by atoms with Crippen molar-refractivity contribution in [1.29, 1.82) is 0 Å². The van der Waals surface area contributed by atoms with Crippen LogP contribution in [-0.2, 0) is 6.42 Å². The Morgan fingerprint density at radius 3 is 2.82 bits per heavy atom. The third-order valence-corrected chi connectivity index (χ3v) is 3.16. The molecular formula is C13H16ClN3. The van der Waals surface area contributed by atoms with Crippen LogP contribution in [0, 0.1) is 13.8 Å². The summed E-state index contributed by atoms with van der Waals surface area (Å²) in [5, 5.41) is 5.13. The SMILES string of the molecule is Cc1ccc(Cl)cc1-n1ncc(CCN)c1C. The van der Waals surface area contributed by atoms with Crippen molar-refractivity contribution in [2.24, 2.45) is 5.73 Å². The van der Waals surface area contributed by atoms with Crippen molar-refractivity contribution in [3.8, 4) is 5.69 Å². The number of aryl methyl sites for hydroxylation is 1. The highest BCUT2D eigenvalue weighted by Crippen LogP contribution is 2.21. The van der Waals surface area contributed by atoms with Gasteiger partial charge < -0.3 is 5.73 Å². The average molecular weight is 250 g/mol. The summed E-state index contributed by atoms with van der Waals surface area (Å²) in [6.45, 7) is 4.74. The molecule has 0 spiro atoms. The Morgan fingerprint density at radius 1 is 1.35 bits per heavy atom. The minimum atomic E-state index is 0.640. The van der Waals surface area contributed by atoms with Gasteiger partial charge in [0, 0.05) is 10.7 Å². The van der Waals surface area contributed by atoms with Crippen LogP contribution >= 0.6 is 11.6 Å². The Bertz CT molecular complexity index is 531. The molecule has 0 bridgehead atoms. The molecule has 2 N–H and O–H groups in total. The molecule has 2 rings (SSSR count). The standard InChI is InChI=1S/C13H16ClN3/c1-9-3-4-12(14)7-13(9)17-10(2)11(5-6-15)8-16-17/h3-4,7-8H,5-6,15H2,1-2H3. The summed E-state index contributed by atoms with van der Waals surface area (Å²) in [5.41, 5.74) is 10.1. The highest BCUT2D eigenvalue weighted by atomic mass is 35.5. The summed E-state index contributed by atoms with van der Waals surface area (Å²) in [4.78, 5) is 0. The normalized spacial score (nSPS) is 10.8. The molecule has 1 aromatic carbocycles. The first-order valence-corrected chi connectivity index (χ1v) is 6.01. The van der Waals surface area contributed by atoms with Gasteiger partial charge in [-0.1, -0.05) is 17.7 Å². The molecule has 0 fully saturated rings. The van der Waals surface area contributed by atoms with Crippen LogP contribution in [-0.4, -0.2) is 16.3 Å². The monoisotopic (exact) mass is 249 g/mol. The molecule has 3 nitrogen and oxygen atoms in total. The van der Waals surface area contributed by atoms with Crippen LogP contribution in [0.3, 0.4) is 0 Å². The Kier molecular flexibility index (Phi) is 3.50. The summed E-state index contributed by atoms with van der Waals surface area (Å²) in [6.07, 6.45) is 2.73. The number of benzene rings is 1. The Labute approximate surface area is 106 Å². The fourth-order valence-electron chi connectivity index (χ4n) is 1.90. The number of nitrogens with two attached hydrogens (primary N) is 1. The van der Waals surface area contributed by atoms with E-state index in [2.05, 4.69) is 18.9 Å². The zero-order valence-electron chi connectivity index (χ0n) is 10.1. The van der Waals surface area contributed by atoms with Crippen LogP contribution in [0.2, 0.25) is 5.02 Å². The predicted octanol–water partition coefficient (Wildman–Crippen LogP) is 2.64. The first-order valence-electron chi connectivity index (χ1n) is 5.63. The first kappa shape index (κ1) is 12.1. The molecule has 0 radical (unpaired) electrons. The quantitative estimate of drug-likeness (QED) is 0.909. The van der Waals surface area contributed by atoms with Gasteiger partial charge in [0.05, 0.1) is 11.9 Å². The fourth-order valence-corrected chi connectivity index (χ4v) is 2.06. The summed E-state index contributed by atoms with van der Waals surface area (Å²) in [5.74, 6) is 0. The molecule has 1 aromatic heterocycles. The van der Waals surface area contributed by atoms with Crippen LogP contribution in [0.1, 0.15) is 16.8 Å². The van der Waals surface area contributed by atoms with Crippen LogP contribution in [0.25, 0.3) is 5.69 Å². The molecule has 2 aromatic rings. The number of halogens is 1. The van der Waals surface area contributed by atoms with E-state index in [0.29, 0.717) is 6.54 Å². The van der Waals surface area contributed by atoms with E-state index in [1.54, 1.807) is 0 Å². The van der Waals surface area contributed by atoms with Gasteiger partial charge in [0.25, 0.3) is 0 Å². The van der Waals surface area contributed by atoms with Crippen molar-refractivity contribution < 1.29 is 0 Å². The number of nitrogens with zero attached hydrogens (tertiary/aromatic N) is 2. The van der Waals surface area contributed by atoms with Gasteiger partial charge in [0.2, 0.25) is 0 Å². The van der Waals surface area contributed by atoms with Crippen LogP contribution in [0.4, 0.5) is 0 Å². The molecule has 0 aliphatic rings. The minimum absolute atomic E-state index is 0.640. The Morgan fingerprint density at radius 2 is 2.12 bits per heavy atom. The van der Waals surface area contributed by atoms with E-state index < -0.39 is 0 Å². The van der Waals surface area contributed by atoms with Gasteiger partial charge in [0.1, 0.15) is 0 Å². The largest absolute Gasteiger partial charge is 0.330 e. The lowest BCUT2D eigenvalue weighted by Crippen LogP contribution is -2.05. The van der Waals surface area contributed by atoms with E-state index in [0.717, 1.165) is 28.4 Å². The highest BCUT2D eigenvalue weighted by Gasteiger charge is 2.09. The van der Waals surface area contributed by atoms with E-state index in [1.165, 1.54) is 5.56 Å². The van der Waals surface area contributed by atoms with Gasteiger partial charge in [-0.15, -0.1) is 0 Å². The Hall–Kier alpha value is -1.32. The molecule has 0 saturated carbocycles. The van der Waals surface area contributed by atoms with Crippen molar-refractivity contribution in [2.45, 2.75) is 20.3 Å². The van der Waals surface area contributed by atoms with E-state index in [1.807, 2.05) is 29.1 Å². The van der Waals surface area contributed by atoms with Gasteiger partial charge in [0.15, 0.2) is 0 Å². The molecule has 0 amide bonds. The van der Waals surface area contributed by atoms with Crippen molar-refractivity contribution in [2.75, 3.05) is 6.54 Å². The van der Waals surface area contributed by atoms with Crippen molar-refractivity contribution in [1.82, 2.24) is 9.78 Å². The van der Waals surface area contributed by atoms with Gasteiger partial charge in [-0.2, -0.15) is 5.10 Å². The molecule has 17 heavy (non-hydrogen) atoms. The van der Waals surface area contributed by atoms with Gasteiger partial charge >= 0.3 is 0 Å². The van der Waals surface area contributed by atoms with Crippen LogP contribution in [0.15, 0.2) is 24.4 Å². The molecule has 90 valence electrons. The van der Waals surface area contributed by atoms with E-state index in [-0.39, 0.29) is 0 Å². The average Bonchev–Trinajstić information content (AvgIpc) is 2.65. The van der Waals surface area contributed by atoms with E-state index >= 15 is 0 Å². The lowest BCUT2D eigenvalue weighted by molar-refractivity contribution is 0.835. The summed E-state index contributed by atoms with van der Waals surface area (Å²) in [7, 11) is 0. The van der Waals surface area contributed by atoms with Gasteiger partial charge in [-0.05, 0) is 50.1 Å². The molecule has 4 heteroatoms. The molecule has 0 saturated heterocycles. The van der Waals surface area contributed by atoms with Crippen LogP contribution in [0.5, 0.6) is 0 Å². The number of rotatable bonds is 3. The topological polar surface area (TPSA) is 43.8 Å². The third kappa shape index (κ3) is 2.35. The smallest absolute Gasteiger partial charge is 0.0692 e. The lowest BCUT2D eigenvalue weighted by Gasteiger charge is -2.09. The van der Waals surface area contributed by atoms with E-state index in [4.69, 9.17) is 17.3 Å². The maximum absolute atomic E-state index is 6.03. The number of aromatic nitrogens is 2. The third-order valence-electron chi connectivity index (χ3n) is 2.92. The second-order valence-corrected chi connectivity index (χ2v) is 4.57. The summed E-state index contributed by atoms with van der Waals surface area (Å²) in [6, 6.07) is 5.82. The molecule has 1 heterocycles. The van der Waals surface area contributed by atoms with Crippen molar-refractivity contribution in [3.63, 3.8) is 0 Å². The first-order chi connectivity index (χ1) is 8.13. The molecule has 0 atom stereocenters.